The fraction of sp³-hybridized carbons (Fsp3) is 0.350. The molecule has 29 heavy (non-hydrogen) atoms. The van der Waals surface area contributed by atoms with Gasteiger partial charge in [-0.05, 0) is 37.8 Å². The monoisotopic (exact) mass is 416 g/mol. The quantitative estimate of drug-likeness (QED) is 0.661. The molecule has 1 saturated heterocycles. The number of benzene rings is 1. The molecule has 5 N–H and O–H groups in total. The first-order chi connectivity index (χ1) is 13.8. The summed E-state index contributed by atoms with van der Waals surface area (Å²) in [7, 11) is 0. The van der Waals surface area contributed by atoms with Gasteiger partial charge < -0.3 is 21.1 Å². The van der Waals surface area contributed by atoms with Gasteiger partial charge in [-0.15, -0.1) is 11.3 Å². The maximum absolute atomic E-state index is 12.9. The van der Waals surface area contributed by atoms with E-state index in [4.69, 9.17) is 16.2 Å². The van der Waals surface area contributed by atoms with Crippen LogP contribution in [0.2, 0.25) is 0 Å². The number of hydrogen-bond acceptors (Lipinski definition) is 5. The van der Waals surface area contributed by atoms with Crippen molar-refractivity contribution in [1.82, 2.24) is 4.90 Å². The minimum atomic E-state index is -0.759. The van der Waals surface area contributed by atoms with Crippen LogP contribution in [-0.2, 0) is 4.74 Å². The predicted molar refractivity (Wildman–Crippen MR) is 112 cm³/mol. The van der Waals surface area contributed by atoms with E-state index in [1.165, 1.54) is 16.2 Å². The highest BCUT2D eigenvalue weighted by atomic mass is 32.1. The number of likely N-dealkylation sites (tertiary alicyclic amines) is 1. The van der Waals surface area contributed by atoms with Crippen LogP contribution in [0.3, 0.4) is 0 Å². The van der Waals surface area contributed by atoms with Crippen LogP contribution in [0.1, 0.15) is 35.2 Å². The molecule has 0 saturated carbocycles. The van der Waals surface area contributed by atoms with Gasteiger partial charge in [0.15, 0.2) is 0 Å². The lowest BCUT2D eigenvalue weighted by Crippen LogP contribution is -2.41. The summed E-state index contributed by atoms with van der Waals surface area (Å²) in [5.41, 5.74) is 12.9. The zero-order valence-electron chi connectivity index (χ0n) is 16.1. The molecule has 2 heterocycles. The van der Waals surface area contributed by atoms with Gasteiger partial charge in [-0.25, -0.2) is 14.4 Å². The van der Waals surface area contributed by atoms with E-state index in [1.807, 2.05) is 31.2 Å². The van der Waals surface area contributed by atoms with E-state index in [2.05, 4.69) is 5.32 Å². The lowest BCUT2D eigenvalue weighted by molar-refractivity contribution is 0.0242. The van der Waals surface area contributed by atoms with E-state index < -0.39 is 24.1 Å². The van der Waals surface area contributed by atoms with Crippen molar-refractivity contribution in [3.05, 3.63) is 41.5 Å². The summed E-state index contributed by atoms with van der Waals surface area (Å²) in [6.07, 6.45) is 1.82. The van der Waals surface area contributed by atoms with Crippen molar-refractivity contribution in [1.29, 1.82) is 0 Å². The Bertz CT molecular complexity index is 910. The average Bonchev–Trinajstić information content (AvgIpc) is 2.92. The maximum Gasteiger partial charge on any atom is 0.341 e. The topological polar surface area (TPSA) is 128 Å². The van der Waals surface area contributed by atoms with E-state index in [-0.39, 0.29) is 12.1 Å². The number of thiophene rings is 1. The average molecular weight is 417 g/mol. The van der Waals surface area contributed by atoms with Crippen LogP contribution in [0.15, 0.2) is 30.3 Å². The number of nitrogens with two attached hydrogens (primary N) is 2. The molecule has 1 unspecified atom stereocenters. The number of carbonyl (C=O) groups is 3. The number of esters is 1. The molecule has 0 spiro atoms. The first-order valence-electron chi connectivity index (χ1n) is 9.36. The van der Waals surface area contributed by atoms with E-state index in [0.717, 1.165) is 28.8 Å². The van der Waals surface area contributed by atoms with Gasteiger partial charge in [-0.1, -0.05) is 29.8 Å². The summed E-state index contributed by atoms with van der Waals surface area (Å²) in [6.45, 7) is 2.80. The van der Waals surface area contributed by atoms with Crippen molar-refractivity contribution >= 4 is 34.4 Å². The first-order valence-corrected chi connectivity index (χ1v) is 10.2. The number of anilines is 1. The van der Waals surface area contributed by atoms with Gasteiger partial charge in [-0.2, -0.15) is 0 Å². The van der Waals surface area contributed by atoms with Crippen molar-refractivity contribution in [2.24, 2.45) is 11.5 Å². The fourth-order valence-corrected chi connectivity index (χ4v) is 4.28. The number of primary amides is 2. The zero-order valence-corrected chi connectivity index (χ0v) is 17.0. The number of nitrogens with one attached hydrogen (secondary N) is 1. The van der Waals surface area contributed by atoms with Crippen LogP contribution in [-0.4, -0.2) is 42.1 Å². The molecule has 8 nitrogen and oxygen atoms in total. The van der Waals surface area contributed by atoms with Crippen LogP contribution in [0.5, 0.6) is 0 Å². The number of urea groups is 2. The van der Waals surface area contributed by atoms with Crippen molar-refractivity contribution in [2.75, 3.05) is 18.4 Å². The summed E-state index contributed by atoms with van der Waals surface area (Å²) >= 11 is 1.25. The Balaban J connectivity index is 1.83. The van der Waals surface area contributed by atoms with Gasteiger partial charge in [0, 0.05) is 11.4 Å². The van der Waals surface area contributed by atoms with Gasteiger partial charge in [-0.3, -0.25) is 5.32 Å². The molecule has 154 valence electrons. The van der Waals surface area contributed by atoms with Crippen LogP contribution in [0.25, 0.3) is 10.4 Å². The molecule has 4 amide bonds. The summed E-state index contributed by atoms with van der Waals surface area (Å²) in [5.74, 6) is -0.570. The molecule has 1 atom stereocenters. The number of ether oxygens (including phenoxy) is 1. The normalized spacial score (nSPS) is 16.7. The van der Waals surface area contributed by atoms with Crippen molar-refractivity contribution in [2.45, 2.75) is 32.3 Å². The molecule has 9 heteroatoms. The number of amides is 4. The molecule has 0 aliphatic carbocycles. The SMILES string of the molecule is Cc1ccc(-c2cc(C(=O)OC3CCCCN(C(N)=O)C3)c(NC(N)=O)s2)cc1. The molecule has 1 aliphatic heterocycles. The standard InChI is InChI=1S/C20H24N4O4S/c1-12-5-7-13(8-6-12)16-10-15(17(29-16)23-19(21)26)18(25)28-14-4-2-3-9-24(11-14)20(22)27/h5-8,10,14H,2-4,9,11H2,1H3,(H2,22,27)(H3,21,23,26). The van der Waals surface area contributed by atoms with Gasteiger partial charge in [0.25, 0.3) is 0 Å². The molecular weight excluding hydrogens is 392 g/mol. The van der Waals surface area contributed by atoms with Crippen LogP contribution in [0.4, 0.5) is 14.6 Å². The Kier molecular flexibility index (Phi) is 6.38. The fourth-order valence-electron chi connectivity index (χ4n) is 3.22. The third-order valence-corrected chi connectivity index (χ3v) is 5.84. The first kappa shape index (κ1) is 20.7. The second-order valence-electron chi connectivity index (χ2n) is 7.02. The highest BCUT2D eigenvalue weighted by molar-refractivity contribution is 7.20. The smallest absolute Gasteiger partial charge is 0.341 e. The number of aryl methyl sites for hydroxylation is 1. The van der Waals surface area contributed by atoms with Crippen molar-refractivity contribution in [3.8, 4) is 10.4 Å². The second kappa shape index (κ2) is 8.95. The highest BCUT2D eigenvalue weighted by Gasteiger charge is 2.26. The van der Waals surface area contributed by atoms with E-state index in [9.17, 15) is 14.4 Å². The minimum absolute atomic E-state index is 0.235. The Morgan fingerprint density at radius 3 is 2.55 bits per heavy atom. The Morgan fingerprint density at radius 1 is 1.17 bits per heavy atom. The Morgan fingerprint density at radius 2 is 1.90 bits per heavy atom. The Labute approximate surface area is 172 Å². The molecule has 0 bridgehead atoms. The number of hydrogen-bond donors (Lipinski definition) is 3. The van der Waals surface area contributed by atoms with E-state index >= 15 is 0 Å². The van der Waals surface area contributed by atoms with Gasteiger partial charge >= 0.3 is 18.0 Å². The number of rotatable bonds is 4. The Hall–Kier alpha value is -3.07. The molecule has 3 rings (SSSR count). The van der Waals surface area contributed by atoms with E-state index in [1.54, 1.807) is 6.07 Å². The molecule has 1 aromatic carbocycles. The van der Waals surface area contributed by atoms with Crippen molar-refractivity contribution < 1.29 is 19.1 Å². The lowest BCUT2D eigenvalue weighted by Gasteiger charge is -2.22. The lowest BCUT2D eigenvalue weighted by atomic mass is 10.1. The van der Waals surface area contributed by atoms with Crippen LogP contribution in [0, 0.1) is 6.92 Å². The van der Waals surface area contributed by atoms with Crippen LogP contribution >= 0.6 is 11.3 Å². The molecule has 1 aromatic heterocycles. The molecular formula is C20H24N4O4S. The van der Waals surface area contributed by atoms with Crippen molar-refractivity contribution in [3.63, 3.8) is 0 Å². The number of carbonyl (C=O) groups excluding carboxylic acids is 3. The maximum atomic E-state index is 12.9. The summed E-state index contributed by atoms with van der Waals surface area (Å²) in [6, 6.07) is 8.23. The predicted octanol–water partition coefficient (Wildman–Crippen LogP) is 3.30. The van der Waals surface area contributed by atoms with Gasteiger partial charge in [0.05, 0.1) is 12.1 Å². The third-order valence-electron chi connectivity index (χ3n) is 4.74. The molecule has 1 fully saturated rings. The third kappa shape index (κ3) is 5.26. The summed E-state index contributed by atoms with van der Waals surface area (Å²) in [5, 5.41) is 2.84. The van der Waals surface area contributed by atoms with Gasteiger partial charge in [0.1, 0.15) is 11.1 Å². The minimum Gasteiger partial charge on any atom is -0.457 e. The summed E-state index contributed by atoms with van der Waals surface area (Å²) in [4.78, 5) is 38.1. The van der Waals surface area contributed by atoms with Crippen LogP contribution < -0.4 is 16.8 Å². The number of nitrogens with zero attached hydrogens (tertiary/aromatic N) is 1. The van der Waals surface area contributed by atoms with Gasteiger partial charge in [0.2, 0.25) is 0 Å². The summed E-state index contributed by atoms with van der Waals surface area (Å²) < 4.78 is 5.65. The largest absolute Gasteiger partial charge is 0.457 e. The zero-order chi connectivity index (χ0) is 21.0. The molecule has 2 aromatic rings. The molecule has 0 radical (unpaired) electrons. The van der Waals surface area contributed by atoms with E-state index in [0.29, 0.717) is 18.0 Å². The molecule has 1 aliphatic rings. The highest BCUT2D eigenvalue weighted by Crippen LogP contribution is 2.36. The second-order valence-corrected chi connectivity index (χ2v) is 8.07.